The lowest BCUT2D eigenvalue weighted by Gasteiger charge is -2.32. The number of carbonyl (C=O) groups is 1. The van der Waals surface area contributed by atoms with Crippen molar-refractivity contribution in [1.82, 2.24) is 0 Å². The van der Waals surface area contributed by atoms with E-state index in [0.717, 1.165) is 19.3 Å². The highest BCUT2D eigenvalue weighted by Gasteiger charge is 2.73. The molecule has 1 unspecified atom stereocenters. The minimum Gasteiger partial charge on any atom is -0.459 e. The lowest BCUT2D eigenvalue weighted by Crippen LogP contribution is -2.39. The van der Waals surface area contributed by atoms with Crippen molar-refractivity contribution < 1.29 is 9.53 Å². The van der Waals surface area contributed by atoms with Crippen molar-refractivity contribution in [3.8, 4) is 0 Å². The number of ether oxygens (including phenoxy) is 1. The Kier molecular flexibility index (Phi) is 2.16. The van der Waals surface area contributed by atoms with Gasteiger partial charge in [-0.25, -0.2) is 0 Å². The number of hydrogen-bond acceptors (Lipinski definition) is 3. The van der Waals surface area contributed by atoms with Gasteiger partial charge in [-0.2, -0.15) is 0 Å². The van der Waals surface area contributed by atoms with Crippen LogP contribution < -0.4 is 5.73 Å². The molecule has 0 aliphatic heterocycles. The van der Waals surface area contributed by atoms with Gasteiger partial charge in [0.2, 0.25) is 0 Å². The minimum atomic E-state index is -0.396. The maximum Gasteiger partial charge on any atom is 0.314 e. The molecule has 0 saturated heterocycles. The zero-order chi connectivity index (χ0) is 11.3. The lowest BCUT2D eigenvalue weighted by molar-refractivity contribution is -0.164. The highest BCUT2D eigenvalue weighted by molar-refractivity contribution is 5.83. The van der Waals surface area contributed by atoms with Crippen LogP contribution in [0.1, 0.15) is 46.5 Å². The summed E-state index contributed by atoms with van der Waals surface area (Å²) in [6, 6.07) is 0. The van der Waals surface area contributed by atoms with Gasteiger partial charge in [0, 0.05) is 6.54 Å². The first-order valence-corrected chi connectivity index (χ1v) is 5.79. The summed E-state index contributed by atoms with van der Waals surface area (Å²) in [6.45, 7) is 6.17. The SMILES string of the molecule is CC(C)(C)OC(=O)C1(CN)CC12CCC2. The third kappa shape index (κ3) is 1.48. The normalized spacial score (nSPS) is 32.3. The Bertz CT molecular complexity index is 288. The van der Waals surface area contributed by atoms with E-state index in [1.807, 2.05) is 20.8 Å². The highest BCUT2D eigenvalue weighted by atomic mass is 16.6. The average molecular weight is 211 g/mol. The molecule has 0 aromatic carbocycles. The van der Waals surface area contributed by atoms with E-state index in [-0.39, 0.29) is 16.8 Å². The van der Waals surface area contributed by atoms with Crippen LogP contribution in [-0.4, -0.2) is 18.1 Å². The van der Waals surface area contributed by atoms with E-state index >= 15 is 0 Å². The summed E-state index contributed by atoms with van der Waals surface area (Å²) in [5.41, 5.74) is 5.27. The van der Waals surface area contributed by atoms with Gasteiger partial charge in [0.1, 0.15) is 5.60 Å². The van der Waals surface area contributed by atoms with Gasteiger partial charge in [0.05, 0.1) is 5.41 Å². The summed E-state index contributed by atoms with van der Waals surface area (Å²) in [5, 5.41) is 0. The summed E-state index contributed by atoms with van der Waals surface area (Å²) >= 11 is 0. The maximum absolute atomic E-state index is 12.1. The quantitative estimate of drug-likeness (QED) is 0.709. The molecule has 0 radical (unpaired) electrons. The number of nitrogens with two attached hydrogens (primary N) is 1. The molecule has 0 bridgehead atoms. The number of esters is 1. The van der Waals surface area contributed by atoms with Gasteiger partial charge in [-0.15, -0.1) is 0 Å². The molecule has 3 heteroatoms. The Labute approximate surface area is 91.4 Å². The Balaban J connectivity index is 2.06. The van der Waals surface area contributed by atoms with Crippen LogP contribution in [0.2, 0.25) is 0 Å². The molecule has 86 valence electrons. The Morgan fingerprint density at radius 1 is 1.40 bits per heavy atom. The second-order valence-electron chi connectivity index (χ2n) is 6.10. The summed E-state index contributed by atoms with van der Waals surface area (Å²) in [6.07, 6.45) is 4.50. The summed E-state index contributed by atoms with van der Waals surface area (Å²) < 4.78 is 5.47. The van der Waals surface area contributed by atoms with E-state index in [1.54, 1.807) is 0 Å². The van der Waals surface area contributed by atoms with Crippen LogP contribution in [0.4, 0.5) is 0 Å². The van der Waals surface area contributed by atoms with E-state index in [2.05, 4.69) is 0 Å². The summed E-state index contributed by atoms with van der Waals surface area (Å²) in [7, 11) is 0. The van der Waals surface area contributed by atoms with Gasteiger partial charge in [-0.05, 0) is 45.4 Å². The molecule has 2 N–H and O–H groups in total. The van der Waals surface area contributed by atoms with Gasteiger partial charge < -0.3 is 10.5 Å². The molecule has 2 fully saturated rings. The summed E-state index contributed by atoms with van der Waals surface area (Å²) in [4.78, 5) is 12.1. The van der Waals surface area contributed by atoms with Gasteiger partial charge in [-0.1, -0.05) is 6.42 Å². The van der Waals surface area contributed by atoms with Gasteiger partial charge in [-0.3, -0.25) is 4.79 Å². The topological polar surface area (TPSA) is 52.3 Å². The number of rotatable bonds is 2. The predicted molar refractivity (Wildman–Crippen MR) is 58.2 cm³/mol. The molecule has 1 atom stereocenters. The van der Waals surface area contributed by atoms with Crippen molar-refractivity contribution in [2.24, 2.45) is 16.6 Å². The van der Waals surface area contributed by atoms with Crippen LogP contribution in [0.15, 0.2) is 0 Å². The third-order valence-electron chi connectivity index (χ3n) is 3.98. The van der Waals surface area contributed by atoms with Gasteiger partial charge in [0.15, 0.2) is 0 Å². The third-order valence-corrected chi connectivity index (χ3v) is 3.98. The summed E-state index contributed by atoms with van der Waals surface area (Å²) in [5.74, 6) is -0.0720. The molecule has 2 rings (SSSR count). The predicted octanol–water partition coefficient (Wildman–Crippen LogP) is 1.85. The van der Waals surface area contributed by atoms with Gasteiger partial charge in [0.25, 0.3) is 0 Å². The Hall–Kier alpha value is -0.570. The van der Waals surface area contributed by atoms with E-state index < -0.39 is 5.60 Å². The minimum absolute atomic E-state index is 0.0720. The van der Waals surface area contributed by atoms with Crippen molar-refractivity contribution in [2.45, 2.75) is 52.1 Å². The van der Waals surface area contributed by atoms with Crippen molar-refractivity contribution in [1.29, 1.82) is 0 Å². The smallest absolute Gasteiger partial charge is 0.314 e. The lowest BCUT2D eigenvalue weighted by atomic mass is 9.75. The first kappa shape index (κ1) is 10.9. The second kappa shape index (κ2) is 2.97. The molecule has 15 heavy (non-hydrogen) atoms. The fourth-order valence-electron chi connectivity index (χ4n) is 2.83. The molecule has 1 spiro atoms. The molecule has 0 amide bonds. The van der Waals surface area contributed by atoms with Crippen LogP contribution in [0.3, 0.4) is 0 Å². The van der Waals surface area contributed by atoms with Crippen LogP contribution in [0.25, 0.3) is 0 Å². The van der Waals surface area contributed by atoms with Crippen molar-refractivity contribution in [3.05, 3.63) is 0 Å². The molecule has 2 saturated carbocycles. The first-order valence-electron chi connectivity index (χ1n) is 5.79. The zero-order valence-corrected chi connectivity index (χ0v) is 9.93. The number of hydrogen-bond donors (Lipinski definition) is 1. The standard InChI is InChI=1S/C12H21NO2/c1-10(2,3)15-9(14)12(8-13)7-11(12)5-4-6-11/h4-8,13H2,1-3H3. The molecular formula is C12H21NO2. The molecule has 0 aromatic rings. The fourth-order valence-corrected chi connectivity index (χ4v) is 2.83. The Morgan fingerprint density at radius 3 is 2.27 bits per heavy atom. The van der Waals surface area contributed by atoms with E-state index in [9.17, 15) is 4.79 Å². The van der Waals surface area contributed by atoms with Crippen molar-refractivity contribution >= 4 is 5.97 Å². The first-order chi connectivity index (χ1) is 6.85. The van der Waals surface area contributed by atoms with Crippen LogP contribution in [0.5, 0.6) is 0 Å². The molecular weight excluding hydrogens is 190 g/mol. The van der Waals surface area contributed by atoms with E-state index in [1.165, 1.54) is 6.42 Å². The molecule has 2 aliphatic carbocycles. The highest BCUT2D eigenvalue weighted by Crippen LogP contribution is 2.74. The molecule has 3 nitrogen and oxygen atoms in total. The van der Waals surface area contributed by atoms with Gasteiger partial charge >= 0.3 is 5.97 Å². The van der Waals surface area contributed by atoms with Crippen molar-refractivity contribution in [2.75, 3.05) is 6.54 Å². The largest absolute Gasteiger partial charge is 0.459 e. The molecule has 0 aromatic heterocycles. The van der Waals surface area contributed by atoms with Crippen molar-refractivity contribution in [3.63, 3.8) is 0 Å². The molecule has 2 aliphatic rings. The molecule has 0 heterocycles. The number of carbonyl (C=O) groups excluding carboxylic acids is 1. The Morgan fingerprint density at radius 2 is 2.00 bits per heavy atom. The monoisotopic (exact) mass is 211 g/mol. The van der Waals surface area contributed by atoms with Crippen LogP contribution in [0, 0.1) is 10.8 Å². The van der Waals surface area contributed by atoms with Crippen LogP contribution >= 0.6 is 0 Å². The fraction of sp³-hybridized carbons (Fsp3) is 0.917. The average Bonchev–Trinajstić information content (AvgIpc) is 2.70. The van der Waals surface area contributed by atoms with Crippen LogP contribution in [-0.2, 0) is 9.53 Å². The second-order valence-corrected chi connectivity index (χ2v) is 6.10. The van der Waals surface area contributed by atoms with E-state index in [4.69, 9.17) is 10.5 Å². The zero-order valence-electron chi connectivity index (χ0n) is 9.93. The maximum atomic E-state index is 12.1. The van der Waals surface area contributed by atoms with E-state index in [0.29, 0.717) is 6.54 Å².